The van der Waals surface area contributed by atoms with Crippen LogP contribution in [0.25, 0.3) is 10.3 Å². The van der Waals surface area contributed by atoms with Crippen LogP contribution in [-0.4, -0.2) is 57.5 Å². The van der Waals surface area contributed by atoms with Gasteiger partial charge in [0.15, 0.2) is 10.6 Å². The van der Waals surface area contributed by atoms with Crippen LogP contribution in [0.2, 0.25) is 0 Å². The van der Waals surface area contributed by atoms with Crippen molar-refractivity contribution < 1.29 is 14.3 Å². The van der Waals surface area contributed by atoms with E-state index in [4.69, 9.17) is 10.5 Å². The first-order chi connectivity index (χ1) is 17.0. The van der Waals surface area contributed by atoms with Gasteiger partial charge in [0.05, 0.1) is 11.1 Å². The largest absolute Gasteiger partial charge is 0.423 e. The van der Waals surface area contributed by atoms with Crippen molar-refractivity contribution in [2.24, 2.45) is 0 Å². The maximum absolute atomic E-state index is 12.9. The fourth-order valence-electron chi connectivity index (χ4n) is 3.97. The molecule has 3 heterocycles. The minimum absolute atomic E-state index is 0.00785. The molecule has 0 spiro atoms. The highest BCUT2D eigenvalue weighted by atomic mass is 32.1. The van der Waals surface area contributed by atoms with Crippen LogP contribution < -0.4 is 20.7 Å². The van der Waals surface area contributed by atoms with Gasteiger partial charge in [0.2, 0.25) is 5.95 Å². The van der Waals surface area contributed by atoms with Crippen molar-refractivity contribution in [1.82, 2.24) is 19.9 Å². The summed E-state index contributed by atoms with van der Waals surface area (Å²) in [6, 6.07) is 15.3. The quantitative estimate of drug-likeness (QED) is 0.329. The van der Waals surface area contributed by atoms with Crippen molar-refractivity contribution in [3.63, 3.8) is 0 Å². The van der Waals surface area contributed by atoms with Gasteiger partial charge in [-0.25, -0.2) is 19.6 Å². The molecule has 2 amide bonds. The Morgan fingerprint density at radius 3 is 2.60 bits per heavy atom. The van der Waals surface area contributed by atoms with E-state index < -0.39 is 5.97 Å². The Morgan fingerprint density at radius 1 is 1.09 bits per heavy atom. The number of aromatic nitrogens is 3. The van der Waals surface area contributed by atoms with E-state index in [1.165, 1.54) is 11.3 Å². The van der Waals surface area contributed by atoms with Gasteiger partial charge in [-0.3, -0.25) is 0 Å². The molecule has 1 atom stereocenters. The SMILES string of the molecule is C[C@H]1CN(C(=O)Nc2ccc(OC(=O)c3ccccc3)cc2)CCN1c1nc(N)nc2scnc12. The maximum atomic E-state index is 12.9. The number of anilines is 3. The van der Waals surface area contributed by atoms with Crippen LogP contribution in [0.4, 0.5) is 22.2 Å². The summed E-state index contributed by atoms with van der Waals surface area (Å²) in [4.78, 5) is 42.7. The number of piperazine rings is 1. The molecule has 1 saturated heterocycles. The number of nitrogen functional groups attached to an aromatic ring is 1. The summed E-state index contributed by atoms with van der Waals surface area (Å²) in [5, 5.41) is 2.91. The second kappa shape index (κ2) is 9.55. The summed E-state index contributed by atoms with van der Waals surface area (Å²) >= 11 is 1.42. The predicted octanol–water partition coefficient (Wildman–Crippen LogP) is 3.63. The number of carbonyl (C=O) groups is 2. The molecule has 35 heavy (non-hydrogen) atoms. The number of hydrogen-bond donors (Lipinski definition) is 2. The third-order valence-corrected chi connectivity index (χ3v) is 6.43. The van der Waals surface area contributed by atoms with Crippen molar-refractivity contribution in [3.8, 4) is 5.75 Å². The summed E-state index contributed by atoms with van der Waals surface area (Å²) in [7, 11) is 0. The molecule has 3 N–H and O–H groups in total. The Balaban J connectivity index is 1.19. The van der Waals surface area contributed by atoms with Gasteiger partial charge < -0.3 is 25.6 Å². The average molecular weight is 490 g/mol. The monoisotopic (exact) mass is 489 g/mol. The smallest absolute Gasteiger partial charge is 0.343 e. The molecule has 2 aromatic carbocycles. The molecule has 0 bridgehead atoms. The summed E-state index contributed by atoms with van der Waals surface area (Å²) in [5.74, 6) is 0.871. The van der Waals surface area contributed by atoms with E-state index in [-0.39, 0.29) is 18.0 Å². The molecule has 10 nitrogen and oxygen atoms in total. The number of nitrogens with two attached hydrogens (primary N) is 1. The number of urea groups is 1. The normalized spacial score (nSPS) is 15.7. The Hall–Kier alpha value is -4.25. The number of nitrogens with zero attached hydrogens (tertiary/aromatic N) is 5. The number of esters is 1. The van der Waals surface area contributed by atoms with Crippen molar-refractivity contribution in [2.45, 2.75) is 13.0 Å². The van der Waals surface area contributed by atoms with Gasteiger partial charge in [-0.2, -0.15) is 4.98 Å². The fourth-order valence-corrected chi connectivity index (χ4v) is 4.63. The molecule has 2 aromatic heterocycles. The molecule has 178 valence electrons. The molecule has 0 saturated carbocycles. The molecule has 5 rings (SSSR count). The van der Waals surface area contributed by atoms with E-state index in [0.29, 0.717) is 42.5 Å². The third-order valence-electron chi connectivity index (χ3n) is 5.71. The first-order valence-electron chi connectivity index (χ1n) is 11.0. The second-order valence-corrected chi connectivity index (χ2v) is 8.94. The lowest BCUT2D eigenvalue weighted by atomic mass is 10.2. The van der Waals surface area contributed by atoms with E-state index >= 15 is 0 Å². The highest BCUT2D eigenvalue weighted by molar-refractivity contribution is 7.16. The van der Waals surface area contributed by atoms with Crippen molar-refractivity contribution in [3.05, 3.63) is 65.7 Å². The molecule has 11 heteroatoms. The molecule has 0 radical (unpaired) electrons. The zero-order valence-corrected chi connectivity index (χ0v) is 19.7. The van der Waals surface area contributed by atoms with Crippen molar-refractivity contribution in [1.29, 1.82) is 0 Å². The van der Waals surface area contributed by atoms with Crippen LogP contribution in [0.5, 0.6) is 5.75 Å². The number of thiazole rings is 1. The van der Waals surface area contributed by atoms with Gasteiger partial charge in [-0.1, -0.05) is 18.2 Å². The lowest BCUT2D eigenvalue weighted by Crippen LogP contribution is -2.55. The number of nitrogens with one attached hydrogen (secondary N) is 1. The molecular formula is C24H23N7O3S. The molecule has 0 aliphatic carbocycles. The maximum Gasteiger partial charge on any atom is 0.343 e. The fraction of sp³-hybridized carbons (Fsp3) is 0.208. The van der Waals surface area contributed by atoms with Crippen molar-refractivity contribution >= 4 is 51.1 Å². The molecule has 1 fully saturated rings. The topological polar surface area (TPSA) is 127 Å². The van der Waals surface area contributed by atoms with Crippen LogP contribution in [0.3, 0.4) is 0 Å². The minimum Gasteiger partial charge on any atom is -0.423 e. The lowest BCUT2D eigenvalue weighted by Gasteiger charge is -2.40. The Bertz CT molecular complexity index is 1360. The highest BCUT2D eigenvalue weighted by Gasteiger charge is 2.29. The molecule has 1 aliphatic rings. The zero-order valence-electron chi connectivity index (χ0n) is 18.9. The summed E-state index contributed by atoms with van der Waals surface area (Å²) in [6.45, 7) is 3.64. The highest BCUT2D eigenvalue weighted by Crippen LogP contribution is 2.29. The first-order valence-corrected chi connectivity index (χ1v) is 11.9. The molecular weight excluding hydrogens is 466 g/mol. The van der Waals surface area contributed by atoms with Gasteiger partial charge in [-0.15, -0.1) is 11.3 Å². The van der Waals surface area contributed by atoms with Crippen LogP contribution >= 0.6 is 11.3 Å². The van der Waals surface area contributed by atoms with E-state index in [1.807, 2.05) is 13.0 Å². The van der Waals surface area contributed by atoms with E-state index in [1.54, 1.807) is 58.9 Å². The average Bonchev–Trinajstić information content (AvgIpc) is 3.34. The Morgan fingerprint density at radius 2 is 1.86 bits per heavy atom. The van der Waals surface area contributed by atoms with Gasteiger partial charge in [0.1, 0.15) is 11.3 Å². The Labute approximate surface area is 205 Å². The first kappa shape index (κ1) is 22.5. The van der Waals surface area contributed by atoms with Crippen LogP contribution in [0.15, 0.2) is 60.1 Å². The van der Waals surface area contributed by atoms with E-state index in [2.05, 4.69) is 25.2 Å². The summed E-state index contributed by atoms with van der Waals surface area (Å²) < 4.78 is 5.39. The Kier molecular flexibility index (Phi) is 6.15. The van der Waals surface area contributed by atoms with Gasteiger partial charge >= 0.3 is 12.0 Å². The van der Waals surface area contributed by atoms with Crippen LogP contribution in [0, 0.1) is 0 Å². The number of ether oxygens (including phenoxy) is 1. The van der Waals surface area contributed by atoms with E-state index in [9.17, 15) is 9.59 Å². The number of benzene rings is 2. The van der Waals surface area contributed by atoms with E-state index in [0.717, 1.165) is 10.3 Å². The van der Waals surface area contributed by atoms with Crippen molar-refractivity contribution in [2.75, 3.05) is 35.6 Å². The summed E-state index contributed by atoms with van der Waals surface area (Å²) in [5.41, 5.74) is 9.42. The van der Waals surface area contributed by atoms with Gasteiger partial charge in [0.25, 0.3) is 0 Å². The van der Waals surface area contributed by atoms with Crippen LogP contribution in [-0.2, 0) is 0 Å². The number of carbonyl (C=O) groups excluding carboxylic acids is 2. The predicted molar refractivity (Wildman–Crippen MR) is 135 cm³/mol. The molecule has 4 aromatic rings. The zero-order chi connectivity index (χ0) is 24.4. The molecule has 0 unspecified atom stereocenters. The third kappa shape index (κ3) is 4.85. The standard InChI is InChI=1S/C24H23N7O3S/c1-15-13-30(11-12-31(15)20-19-21(35-14-26-19)29-23(25)28-20)24(33)27-17-7-9-18(10-8-17)34-22(32)16-5-3-2-4-6-16/h2-10,14-15H,11-13H2,1H3,(H,27,33)(H2,25,28,29)/t15-/m0/s1. The second-order valence-electron chi connectivity index (χ2n) is 8.11. The number of fused-ring (bicyclic) bond motifs is 1. The van der Waals surface area contributed by atoms with Crippen LogP contribution in [0.1, 0.15) is 17.3 Å². The summed E-state index contributed by atoms with van der Waals surface area (Å²) in [6.07, 6.45) is 0. The molecule has 1 aliphatic heterocycles. The number of hydrogen-bond acceptors (Lipinski definition) is 9. The lowest BCUT2D eigenvalue weighted by molar-refractivity contribution is 0.0734. The van der Waals surface area contributed by atoms with Gasteiger partial charge in [-0.05, 0) is 43.3 Å². The minimum atomic E-state index is -0.436. The number of rotatable bonds is 4. The number of amides is 2. The van der Waals surface area contributed by atoms with Gasteiger partial charge in [0, 0.05) is 31.4 Å².